The molecule has 0 aromatic heterocycles. The summed E-state index contributed by atoms with van der Waals surface area (Å²) in [6.45, 7) is 2.69. The molecule has 0 fully saturated rings. The van der Waals surface area contributed by atoms with Gasteiger partial charge in [0.15, 0.2) is 0 Å². The fraction of sp³-hybridized carbons (Fsp3) is 0.214. The van der Waals surface area contributed by atoms with E-state index in [4.69, 9.17) is 34.8 Å². The Bertz CT molecular complexity index is 1250. The molecule has 0 saturated heterocycles. The molecule has 1 atom stereocenters. The van der Waals surface area contributed by atoms with E-state index in [1.165, 1.54) is 23.3 Å². The van der Waals surface area contributed by atoms with E-state index in [0.29, 0.717) is 0 Å². The molecule has 4 rings (SSSR count). The lowest BCUT2D eigenvalue weighted by Crippen LogP contribution is -2.42. The van der Waals surface area contributed by atoms with Crippen LogP contribution in [0.15, 0.2) is 72.8 Å². The van der Waals surface area contributed by atoms with Gasteiger partial charge in [-0.25, -0.2) is 4.79 Å². The minimum atomic E-state index is -1.13. The molecule has 0 unspecified atom stereocenters. The van der Waals surface area contributed by atoms with E-state index in [0.717, 1.165) is 42.2 Å². The van der Waals surface area contributed by atoms with Gasteiger partial charge in [-0.2, -0.15) is 0 Å². The number of carbonyl (C=O) groups excluding carboxylic acids is 1. The number of hydrogen-bond acceptors (Lipinski definition) is 3. The summed E-state index contributed by atoms with van der Waals surface area (Å²) in [5.74, 6) is -1.75. The average molecular weight is 544 g/mol. The van der Waals surface area contributed by atoms with Crippen LogP contribution in [0.2, 0.25) is 15.1 Å². The number of nitrogens with one attached hydrogen (secondary N) is 1. The van der Waals surface area contributed by atoms with Crippen LogP contribution < -0.4 is 5.32 Å². The van der Waals surface area contributed by atoms with Crippen molar-refractivity contribution >= 4 is 52.3 Å². The smallest absolute Gasteiger partial charge is 0.326 e. The number of benzene rings is 3. The van der Waals surface area contributed by atoms with Crippen LogP contribution in [-0.2, 0) is 17.8 Å². The first-order valence-electron chi connectivity index (χ1n) is 11.5. The minimum Gasteiger partial charge on any atom is -0.480 e. The molecule has 36 heavy (non-hydrogen) atoms. The standard InChI is InChI=1S/C28H25Cl3N2O3/c29-22-10-6-19(7-11-22)17-33-14-12-21(13-15-33)20-8-4-18(5-9-20)16-25(28(35)36)32-27(34)26-23(30)2-1-3-24(26)31/h1-12,25H,13-17H2,(H,32,34)(H,35,36)/t25-/m0/s1. The molecule has 8 heteroatoms. The molecule has 0 bridgehead atoms. The van der Waals surface area contributed by atoms with Crippen molar-refractivity contribution in [1.29, 1.82) is 0 Å². The molecular weight excluding hydrogens is 519 g/mol. The van der Waals surface area contributed by atoms with Crippen LogP contribution in [0.25, 0.3) is 5.57 Å². The largest absolute Gasteiger partial charge is 0.480 e. The number of aliphatic carboxylic acids is 1. The number of carbonyl (C=O) groups is 2. The number of amides is 1. The number of nitrogens with zero attached hydrogens (tertiary/aromatic N) is 1. The van der Waals surface area contributed by atoms with Gasteiger partial charge in [0.1, 0.15) is 6.04 Å². The molecule has 0 aliphatic carbocycles. The number of halogens is 3. The van der Waals surface area contributed by atoms with Gasteiger partial charge in [0.2, 0.25) is 0 Å². The zero-order chi connectivity index (χ0) is 25.7. The Hall–Kier alpha value is -2.83. The molecule has 3 aromatic carbocycles. The maximum atomic E-state index is 12.6. The van der Waals surface area contributed by atoms with Gasteiger partial charge in [-0.05, 0) is 52.9 Å². The third-order valence-electron chi connectivity index (χ3n) is 6.17. The highest BCUT2D eigenvalue weighted by Crippen LogP contribution is 2.26. The summed E-state index contributed by atoms with van der Waals surface area (Å²) >= 11 is 18.2. The molecule has 3 aromatic rings. The van der Waals surface area contributed by atoms with E-state index in [9.17, 15) is 14.7 Å². The van der Waals surface area contributed by atoms with Crippen molar-refractivity contribution in [3.63, 3.8) is 0 Å². The predicted molar refractivity (Wildman–Crippen MR) is 145 cm³/mol. The molecule has 0 radical (unpaired) electrons. The first-order chi connectivity index (χ1) is 17.3. The summed E-state index contributed by atoms with van der Waals surface area (Å²) < 4.78 is 0. The van der Waals surface area contributed by atoms with Gasteiger partial charge in [-0.15, -0.1) is 0 Å². The first kappa shape index (κ1) is 26.2. The maximum absolute atomic E-state index is 12.6. The third kappa shape index (κ3) is 6.68. The van der Waals surface area contributed by atoms with Gasteiger partial charge < -0.3 is 10.4 Å². The summed E-state index contributed by atoms with van der Waals surface area (Å²) in [4.78, 5) is 26.9. The average Bonchev–Trinajstić information content (AvgIpc) is 2.86. The van der Waals surface area contributed by atoms with Crippen LogP contribution >= 0.6 is 34.8 Å². The van der Waals surface area contributed by atoms with E-state index < -0.39 is 17.9 Å². The lowest BCUT2D eigenvalue weighted by molar-refractivity contribution is -0.139. The second kappa shape index (κ2) is 11.9. The van der Waals surface area contributed by atoms with Crippen molar-refractivity contribution in [3.05, 3.63) is 110 Å². The van der Waals surface area contributed by atoms with E-state index in [1.54, 1.807) is 6.07 Å². The van der Waals surface area contributed by atoms with Crippen molar-refractivity contribution in [1.82, 2.24) is 10.2 Å². The number of rotatable bonds is 8. The number of carboxylic acids is 1. The van der Waals surface area contributed by atoms with Crippen molar-refractivity contribution < 1.29 is 14.7 Å². The number of hydrogen-bond donors (Lipinski definition) is 2. The molecule has 1 heterocycles. The van der Waals surface area contributed by atoms with Gasteiger partial charge in [-0.3, -0.25) is 9.69 Å². The Morgan fingerprint density at radius 3 is 2.14 bits per heavy atom. The van der Waals surface area contributed by atoms with Crippen LogP contribution in [0.3, 0.4) is 0 Å². The Morgan fingerprint density at radius 2 is 1.56 bits per heavy atom. The Morgan fingerprint density at radius 1 is 0.917 bits per heavy atom. The summed E-state index contributed by atoms with van der Waals surface area (Å²) in [7, 11) is 0. The van der Waals surface area contributed by atoms with Crippen LogP contribution in [0.1, 0.15) is 33.5 Å². The van der Waals surface area contributed by atoms with E-state index in [-0.39, 0.29) is 22.0 Å². The SMILES string of the molecule is O=C(N[C@@H](Cc1ccc(C2=CCN(Cc3ccc(Cl)cc3)CC2)cc1)C(=O)O)c1c(Cl)cccc1Cl. The molecule has 2 N–H and O–H groups in total. The maximum Gasteiger partial charge on any atom is 0.326 e. The Labute approximate surface area is 225 Å². The molecule has 1 aliphatic heterocycles. The van der Waals surface area contributed by atoms with Crippen molar-refractivity contribution in [2.24, 2.45) is 0 Å². The number of carboxylic acid groups (broad SMARTS) is 1. The quantitative estimate of drug-likeness (QED) is 0.347. The third-order valence-corrected chi connectivity index (χ3v) is 7.05. The lowest BCUT2D eigenvalue weighted by Gasteiger charge is -2.26. The van der Waals surface area contributed by atoms with Gasteiger partial charge >= 0.3 is 5.97 Å². The van der Waals surface area contributed by atoms with E-state index in [1.807, 2.05) is 36.4 Å². The van der Waals surface area contributed by atoms with Gasteiger partial charge in [0, 0.05) is 31.1 Å². The fourth-order valence-corrected chi connectivity index (χ4v) is 4.90. The van der Waals surface area contributed by atoms with Gasteiger partial charge in [0.05, 0.1) is 15.6 Å². The first-order valence-corrected chi connectivity index (χ1v) is 12.7. The van der Waals surface area contributed by atoms with Gasteiger partial charge in [0.25, 0.3) is 5.91 Å². The van der Waals surface area contributed by atoms with Crippen molar-refractivity contribution in [3.8, 4) is 0 Å². The summed E-state index contributed by atoms with van der Waals surface area (Å²) in [5.41, 5.74) is 4.49. The second-order valence-corrected chi connectivity index (χ2v) is 9.95. The molecule has 5 nitrogen and oxygen atoms in total. The predicted octanol–water partition coefficient (Wildman–Crippen LogP) is 6.36. The molecular formula is C28H25Cl3N2O3. The molecule has 0 spiro atoms. The van der Waals surface area contributed by atoms with Crippen LogP contribution in [0.5, 0.6) is 0 Å². The van der Waals surface area contributed by atoms with E-state index >= 15 is 0 Å². The van der Waals surface area contributed by atoms with Gasteiger partial charge in [-0.1, -0.05) is 83.3 Å². The van der Waals surface area contributed by atoms with Crippen molar-refractivity contribution in [2.75, 3.05) is 13.1 Å². The highest BCUT2D eigenvalue weighted by molar-refractivity contribution is 6.39. The Kier molecular flexibility index (Phi) is 8.70. The van der Waals surface area contributed by atoms with Crippen LogP contribution in [0.4, 0.5) is 0 Å². The zero-order valence-electron chi connectivity index (χ0n) is 19.4. The highest BCUT2D eigenvalue weighted by atomic mass is 35.5. The summed E-state index contributed by atoms with van der Waals surface area (Å²) in [6.07, 6.45) is 3.30. The monoisotopic (exact) mass is 542 g/mol. The van der Waals surface area contributed by atoms with Crippen molar-refractivity contribution in [2.45, 2.75) is 25.4 Å². The highest BCUT2D eigenvalue weighted by Gasteiger charge is 2.24. The second-order valence-electron chi connectivity index (χ2n) is 8.70. The summed E-state index contributed by atoms with van der Waals surface area (Å²) in [5, 5.41) is 13.3. The summed E-state index contributed by atoms with van der Waals surface area (Å²) in [6, 6.07) is 19.3. The van der Waals surface area contributed by atoms with E-state index in [2.05, 4.69) is 28.4 Å². The fourth-order valence-electron chi connectivity index (χ4n) is 4.20. The lowest BCUT2D eigenvalue weighted by atomic mass is 9.96. The minimum absolute atomic E-state index is 0.0665. The molecule has 1 amide bonds. The normalized spacial score (nSPS) is 14.7. The molecule has 0 saturated carbocycles. The van der Waals surface area contributed by atoms with Crippen LogP contribution in [-0.4, -0.2) is 41.0 Å². The zero-order valence-corrected chi connectivity index (χ0v) is 21.7. The topological polar surface area (TPSA) is 69.6 Å². The molecule has 186 valence electrons. The van der Waals surface area contributed by atoms with Crippen LogP contribution in [0, 0.1) is 0 Å². The Balaban J connectivity index is 1.37. The molecule has 1 aliphatic rings.